The lowest BCUT2D eigenvalue weighted by Crippen LogP contribution is -2.05. The number of hydrogen-bond acceptors (Lipinski definition) is 5. The third-order valence-electron chi connectivity index (χ3n) is 4.18. The minimum atomic E-state index is -4.44. The number of nitrogens with one attached hydrogen (secondary N) is 1. The average Bonchev–Trinajstić information content (AvgIpc) is 2.75. The minimum absolute atomic E-state index is 0.176. The highest BCUT2D eigenvalue weighted by atomic mass is 79.9. The molecule has 0 radical (unpaired) electrons. The van der Waals surface area contributed by atoms with Gasteiger partial charge in [0.1, 0.15) is 12.4 Å². The van der Waals surface area contributed by atoms with Gasteiger partial charge in [-0.3, -0.25) is 5.43 Å². The molecule has 5 nitrogen and oxygen atoms in total. The van der Waals surface area contributed by atoms with Gasteiger partial charge in [-0.2, -0.15) is 18.3 Å². The maximum absolute atomic E-state index is 12.6. The summed E-state index contributed by atoms with van der Waals surface area (Å²) in [7, 11) is 0. The summed E-state index contributed by atoms with van der Waals surface area (Å²) in [5.41, 5.74) is 3.28. The number of anilines is 1. The Labute approximate surface area is 196 Å². The van der Waals surface area contributed by atoms with Crippen LogP contribution in [0.1, 0.15) is 23.6 Å². The molecule has 3 aromatic rings. The average molecular weight is 529 g/mol. The number of hydrazone groups is 1. The summed E-state index contributed by atoms with van der Waals surface area (Å²) in [5, 5.41) is 4.65. The van der Waals surface area contributed by atoms with Gasteiger partial charge in [0.25, 0.3) is 0 Å². The lowest BCUT2D eigenvalue weighted by Gasteiger charge is -2.14. The standard InChI is InChI=1S/C22H18BrClF3N3O2/c1-2-31-19-9-15(11-29-30-21-8-7-16(12-28-21)22(25,26)27)17(23)10-20(19)32-13-14-5-3-4-6-18(14)24/h3-12H,2,13H2,1H3,(H,28,30)/b29-11-. The third-order valence-corrected chi connectivity index (χ3v) is 5.23. The monoisotopic (exact) mass is 527 g/mol. The zero-order valence-corrected chi connectivity index (χ0v) is 19.1. The molecule has 168 valence electrons. The largest absolute Gasteiger partial charge is 0.490 e. The molecule has 0 aliphatic heterocycles. The number of nitrogens with zero attached hydrogens (tertiary/aromatic N) is 2. The van der Waals surface area contributed by atoms with E-state index in [1.54, 1.807) is 18.2 Å². The third kappa shape index (κ3) is 6.37. The Hall–Kier alpha value is -2.78. The molecule has 0 saturated heterocycles. The molecule has 0 aliphatic carbocycles. The minimum Gasteiger partial charge on any atom is -0.490 e. The Kier molecular flexibility index (Phi) is 7.98. The first-order valence-corrected chi connectivity index (χ1v) is 10.6. The maximum atomic E-state index is 12.6. The van der Waals surface area contributed by atoms with Gasteiger partial charge >= 0.3 is 6.18 Å². The van der Waals surface area contributed by atoms with Crippen molar-refractivity contribution in [2.45, 2.75) is 19.7 Å². The van der Waals surface area contributed by atoms with Crippen LogP contribution in [-0.2, 0) is 12.8 Å². The SMILES string of the molecule is CCOc1cc(/C=N\Nc2ccc(C(F)(F)F)cn2)c(Br)cc1OCc1ccccc1Cl. The van der Waals surface area contributed by atoms with Gasteiger partial charge in [-0.15, -0.1) is 0 Å². The number of ether oxygens (including phenoxy) is 2. The summed E-state index contributed by atoms with van der Waals surface area (Å²) >= 11 is 9.65. The van der Waals surface area contributed by atoms with E-state index in [2.05, 4.69) is 31.4 Å². The van der Waals surface area contributed by atoms with Crippen molar-refractivity contribution in [1.29, 1.82) is 0 Å². The van der Waals surface area contributed by atoms with Gasteiger partial charge in [0.2, 0.25) is 0 Å². The summed E-state index contributed by atoms with van der Waals surface area (Å²) in [4.78, 5) is 3.71. The van der Waals surface area contributed by atoms with Crippen LogP contribution in [0, 0.1) is 0 Å². The van der Waals surface area contributed by atoms with Gasteiger partial charge in [-0.1, -0.05) is 29.8 Å². The van der Waals surface area contributed by atoms with Crippen molar-refractivity contribution in [3.05, 3.63) is 80.9 Å². The fourth-order valence-electron chi connectivity index (χ4n) is 2.60. The number of rotatable bonds is 8. The van der Waals surface area contributed by atoms with Crippen molar-refractivity contribution in [3.8, 4) is 11.5 Å². The van der Waals surface area contributed by atoms with E-state index in [0.29, 0.717) is 33.2 Å². The molecule has 32 heavy (non-hydrogen) atoms. The van der Waals surface area contributed by atoms with Crippen LogP contribution in [0.3, 0.4) is 0 Å². The second kappa shape index (κ2) is 10.7. The van der Waals surface area contributed by atoms with Gasteiger partial charge in [0.05, 0.1) is 18.4 Å². The van der Waals surface area contributed by atoms with Crippen LogP contribution in [0.25, 0.3) is 0 Å². The molecule has 0 atom stereocenters. The summed E-state index contributed by atoms with van der Waals surface area (Å²) in [6.45, 7) is 2.54. The molecule has 3 rings (SSSR count). The molecule has 1 heterocycles. The Morgan fingerprint density at radius 1 is 1.12 bits per heavy atom. The molecule has 1 N–H and O–H groups in total. The molecular formula is C22H18BrClF3N3O2. The Morgan fingerprint density at radius 2 is 1.88 bits per heavy atom. The maximum Gasteiger partial charge on any atom is 0.417 e. The highest BCUT2D eigenvalue weighted by molar-refractivity contribution is 9.10. The van der Waals surface area contributed by atoms with E-state index in [0.717, 1.165) is 17.8 Å². The summed E-state index contributed by atoms with van der Waals surface area (Å²) < 4.78 is 50.1. The van der Waals surface area contributed by atoms with E-state index < -0.39 is 11.7 Å². The van der Waals surface area contributed by atoms with Gasteiger partial charge < -0.3 is 9.47 Å². The number of benzene rings is 2. The van der Waals surface area contributed by atoms with Crippen molar-refractivity contribution < 1.29 is 22.6 Å². The van der Waals surface area contributed by atoms with Crippen molar-refractivity contribution in [3.63, 3.8) is 0 Å². The van der Waals surface area contributed by atoms with Gasteiger partial charge in [-0.05, 0) is 53.2 Å². The number of alkyl halides is 3. The molecule has 0 spiro atoms. The van der Waals surface area contributed by atoms with Crippen LogP contribution < -0.4 is 14.9 Å². The molecular weight excluding hydrogens is 511 g/mol. The molecule has 0 aliphatic rings. The zero-order valence-electron chi connectivity index (χ0n) is 16.8. The normalized spacial score (nSPS) is 11.6. The van der Waals surface area contributed by atoms with Crippen LogP contribution in [0.4, 0.5) is 19.0 Å². The second-order valence-electron chi connectivity index (χ2n) is 6.43. The summed E-state index contributed by atoms with van der Waals surface area (Å²) in [5.74, 6) is 1.21. The predicted molar refractivity (Wildman–Crippen MR) is 122 cm³/mol. The van der Waals surface area contributed by atoms with Crippen molar-refractivity contribution in [2.24, 2.45) is 5.10 Å². The van der Waals surface area contributed by atoms with E-state index in [1.165, 1.54) is 12.3 Å². The van der Waals surface area contributed by atoms with E-state index >= 15 is 0 Å². The lowest BCUT2D eigenvalue weighted by atomic mass is 10.2. The second-order valence-corrected chi connectivity index (χ2v) is 7.69. The Balaban J connectivity index is 1.72. The first kappa shape index (κ1) is 23.9. The van der Waals surface area contributed by atoms with Crippen LogP contribution in [0.5, 0.6) is 11.5 Å². The number of halogens is 5. The smallest absolute Gasteiger partial charge is 0.417 e. The first-order chi connectivity index (χ1) is 15.3. The molecule has 1 aromatic heterocycles. The summed E-state index contributed by atoms with van der Waals surface area (Å²) in [6, 6.07) is 13.0. The Morgan fingerprint density at radius 3 is 2.53 bits per heavy atom. The lowest BCUT2D eigenvalue weighted by molar-refractivity contribution is -0.137. The molecule has 0 fully saturated rings. The van der Waals surface area contributed by atoms with Gasteiger partial charge in [0.15, 0.2) is 11.5 Å². The van der Waals surface area contributed by atoms with Gasteiger partial charge in [-0.25, -0.2) is 4.98 Å². The molecule has 0 saturated carbocycles. The van der Waals surface area contributed by atoms with Crippen LogP contribution in [0.2, 0.25) is 5.02 Å². The number of aromatic nitrogens is 1. The molecule has 0 unspecified atom stereocenters. The van der Waals surface area contributed by atoms with E-state index in [1.807, 2.05) is 25.1 Å². The number of hydrogen-bond donors (Lipinski definition) is 1. The van der Waals surface area contributed by atoms with Crippen molar-refractivity contribution in [1.82, 2.24) is 4.98 Å². The first-order valence-electron chi connectivity index (χ1n) is 9.42. The number of pyridine rings is 1. The molecule has 0 bridgehead atoms. The molecule has 10 heteroatoms. The van der Waals surface area contributed by atoms with Crippen LogP contribution in [-0.4, -0.2) is 17.8 Å². The van der Waals surface area contributed by atoms with Crippen LogP contribution in [0.15, 0.2) is 64.3 Å². The van der Waals surface area contributed by atoms with Crippen molar-refractivity contribution >= 4 is 39.6 Å². The fourth-order valence-corrected chi connectivity index (χ4v) is 3.21. The Bertz CT molecular complexity index is 1090. The fraction of sp³-hybridized carbons (Fsp3) is 0.182. The predicted octanol–water partition coefficient (Wildman–Crippen LogP) is 6.94. The highest BCUT2D eigenvalue weighted by Gasteiger charge is 2.30. The van der Waals surface area contributed by atoms with Crippen molar-refractivity contribution in [2.75, 3.05) is 12.0 Å². The highest BCUT2D eigenvalue weighted by Crippen LogP contribution is 2.34. The van der Waals surface area contributed by atoms with Crippen LogP contribution >= 0.6 is 27.5 Å². The molecule has 0 amide bonds. The van der Waals surface area contributed by atoms with Gasteiger partial charge in [0, 0.05) is 26.8 Å². The zero-order chi connectivity index (χ0) is 23.1. The van der Waals surface area contributed by atoms with E-state index in [9.17, 15) is 13.2 Å². The van der Waals surface area contributed by atoms with E-state index in [4.69, 9.17) is 21.1 Å². The van der Waals surface area contributed by atoms with E-state index in [-0.39, 0.29) is 12.4 Å². The topological polar surface area (TPSA) is 55.7 Å². The molecule has 2 aromatic carbocycles. The quantitative estimate of drug-likeness (QED) is 0.254. The summed E-state index contributed by atoms with van der Waals surface area (Å²) in [6.07, 6.45) is -2.21.